The van der Waals surface area contributed by atoms with Crippen LogP contribution in [0.25, 0.3) is 0 Å². The Bertz CT molecular complexity index is 339. The van der Waals surface area contributed by atoms with Crippen LogP contribution in [-0.2, 0) is 11.4 Å². The lowest BCUT2D eigenvalue weighted by Crippen LogP contribution is -2.04. The van der Waals surface area contributed by atoms with Crippen molar-refractivity contribution in [2.75, 3.05) is 7.11 Å². The van der Waals surface area contributed by atoms with Crippen molar-refractivity contribution in [3.05, 3.63) is 28.6 Å². The molecule has 0 aliphatic carbocycles. The zero-order chi connectivity index (χ0) is 10.7. The number of nitrogens with two attached hydrogens (primary N) is 1. The molecule has 0 fully saturated rings. The molecular formula is C10H14FNO2. The Morgan fingerprint density at radius 1 is 1.36 bits per heavy atom. The molecule has 0 radical (unpaired) electrons. The predicted octanol–water partition coefficient (Wildman–Crippen LogP) is 1.84. The van der Waals surface area contributed by atoms with Gasteiger partial charge in [-0.05, 0) is 31.0 Å². The third kappa shape index (κ3) is 1.86. The molecule has 1 aromatic rings. The minimum atomic E-state index is -0.306. The molecule has 0 amide bonds. The summed E-state index contributed by atoms with van der Waals surface area (Å²) in [6.45, 7) is 3.70. The SMILES string of the molecule is COc1c(C)c(F)cc(CON)c1C. The predicted molar refractivity (Wildman–Crippen MR) is 51.4 cm³/mol. The van der Waals surface area contributed by atoms with Gasteiger partial charge < -0.3 is 4.74 Å². The number of halogens is 1. The molecule has 0 saturated heterocycles. The molecule has 14 heavy (non-hydrogen) atoms. The third-order valence-corrected chi connectivity index (χ3v) is 2.27. The van der Waals surface area contributed by atoms with Gasteiger partial charge >= 0.3 is 0 Å². The average molecular weight is 199 g/mol. The second-order valence-corrected chi connectivity index (χ2v) is 3.11. The molecular weight excluding hydrogens is 185 g/mol. The summed E-state index contributed by atoms with van der Waals surface area (Å²) in [5.41, 5.74) is 2.06. The van der Waals surface area contributed by atoms with E-state index in [0.717, 1.165) is 5.56 Å². The molecule has 0 atom stereocenters. The fourth-order valence-electron chi connectivity index (χ4n) is 1.45. The monoisotopic (exact) mass is 199 g/mol. The molecule has 0 aliphatic heterocycles. The first-order chi connectivity index (χ1) is 6.61. The van der Waals surface area contributed by atoms with Crippen LogP contribution in [0.5, 0.6) is 5.75 Å². The summed E-state index contributed by atoms with van der Waals surface area (Å²) in [7, 11) is 1.52. The highest BCUT2D eigenvalue weighted by Gasteiger charge is 2.12. The Kier molecular flexibility index (Phi) is 3.43. The zero-order valence-electron chi connectivity index (χ0n) is 8.56. The van der Waals surface area contributed by atoms with Gasteiger partial charge in [-0.2, -0.15) is 0 Å². The number of benzene rings is 1. The van der Waals surface area contributed by atoms with E-state index in [4.69, 9.17) is 10.6 Å². The minimum Gasteiger partial charge on any atom is -0.496 e. The van der Waals surface area contributed by atoms with Crippen LogP contribution < -0.4 is 10.6 Å². The third-order valence-electron chi connectivity index (χ3n) is 2.27. The van der Waals surface area contributed by atoms with E-state index in [1.54, 1.807) is 6.92 Å². The fraction of sp³-hybridized carbons (Fsp3) is 0.400. The summed E-state index contributed by atoms with van der Waals surface area (Å²) in [6.07, 6.45) is 0. The van der Waals surface area contributed by atoms with Crippen molar-refractivity contribution in [3.63, 3.8) is 0 Å². The van der Waals surface area contributed by atoms with E-state index in [9.17, 15) is 4.39 Å². The number of rotatable bonds is 3. The van der Waals surface area contributed by atoms with E-state index in [-0.39, 0.29) is 12.4 Å². The van der Waals surface area contributed by atoms with Crippen LogP contribution in [0.1, 0.15) is 16.7 Å². The smallest absolute Gasteiger partial charge is 0.130 e. The summed E-state index contributed by atoms with van der Waals surface area (Å²) >= 11 is 0. The highest BCUT2D eigenvalue weighted by Crippen LogP contribution is 2.28. The topological polar surface area (TPSA) is 44.5 Å². The Hall–Kier alpha value is -1.13. The molecule has 0 heterocycles. The molecule has 0 spiro atoms. The first-order valence-electron chi connectivity index (χ1n) is 4.26. The van der Waals surface area contributed by atoms with Crippen LogP contribution >= 0.6 is 0 Å². The Labute approximate surface area is 82.6 Å². The van der Waals surface area contributed by atoms with Gasteiger partial charge in [-0.15, -0.1) is 0 Å². The zero-order valence-corrected chi connectivity index (χ0v) is 8.56. The van der Waals surface area contributed by atoms with Gasteiger partial charge in [0.15, 0.2) is 0 Å². The largest absolute Gasteiger partial charge is 0.496 e. The van der Waals surface area contributed by atoms with E-state index in [0.29, 0.717) is 16.9 Å². The summed E-state index contributed by atoms with van der Waals surface area (Å²) in [6, 6.07) is 1.42. The summed E-state index contributed by atoms with van der Waals surface area (Å²) in [5.74, 6) is 5.19. The number of hydrogen-bond acceptors (Lipinski definition) is 3. The lowest BCUT2D eigenvalue weighted by atomic mass is 10.0. The van der Waals surface area contributed by atoms with Crippen LogP contribution in [0.4, 0.5) is 4.39 Å². The quantitative estimate of drug-likeness (QED) is 0.755. The fourth-order valence-corrected chi connectivity index (χ4v) is 1.45. The lowest BCUT2D eigenvalue weighted by molar-refractivity contribution is 0.123. The molecule has 0 unspecified atom stereocenters. The highest BCUT2D eigenvalue weighted by atomic mass is 19.1. The van der Waals surface area contributed by atoms with Crippen molar-refractivity contribution in [2.24, 2.45) is 5.90 Å². The van der Waals surface area contributed by atoms with Gasteiger partial charge in [-0.1, -0.05) is 0 Å². The first-order valence-corrected chi connectivity index (χ1v) is 4.26. The van der Waals surface area contributed by atoms with Crippen LogP contribution in [0.3, 0.4) is 0 Å². The van der Waals surface area contributed by atoms with Crippen LogP contribution in [0.2, 0.25) is 0 Å². The summed E-state index contributed by atoms with van der Waals surface area (Å²) < 4.78 is 18.5. The number of methoxy groups -OCH3 is 1. The molecule has 4 heteroatoms. The van der Waals surface area contributed by atoms with Crippen molar-refractivity contribution in [1.29, 1.82) is 0 Å². The molecule has 1 aromatic carbocycles. The van der Waals surface area contributed by atoms with Crippen molar-refractivity contribution >= 4 is 0 Å². The molecule has 2 N–H and O–H groups in total. The maximum atomic E-state index is 13.4. The van der Waals surface area contributed by atoms with Gasteiger partial charge in [0.25, 0.3) is 0 Å². The Morgan fingerprint density at radius 3 is 2.50 bits per heavy atom. The highest BCUT2D eigenvalue weighted by molar-refractivity contribution is 5.45. The first kappa shape index (κ1) is 10.9. The molecule has 0 saturated carbocycles. The second kappa shape index (κ2) is 4.39. The standard InChI is InChI=1S/C10H14FNO2/c1-6-8(5-14-12)4-9(11)7(2)10(6)13-3/h4H,5,12H2,1-3H3. The van der Waals surface area contributed by atoms with E-state index < -0.39 is 0 Å². The van der Waals surface area contributed by atoms with Gasteiger partial charge in [0.2, 0.25) is 0 Å². The normalized spacial score (nSPS) is 10.4. The Morgan fingerprint density at radius 2 is 2.00 bits per heavy atom. The lowest BCUT2D eigenvalue weighted by Gasteiger charge is -2.13. The van der Waals surface area contributed by atoms with Crippen LogP contribution in [0.15, 0.2) is 6.07 Å². The number of ether oxygens (including phenoxy) is 1. The molecule has 0 aliphatic rings. The van der Waals surface area contributed by atoms with Crippen LogP contribution in [-0.4, -0.2) is 7.11 Å². The van der Waals surface area contributed by atoms with Crippen LogP contribution in [0, 0.1) is 19.7 Å². The Balaban J connectivity index is 3.27. The van der Waals surface area contributed by atoms with E-state index >= 15 is 0 Å². The molecule has 0 bridgehead atoms. The second-order valence-electron chi connectivity index (χ2n) is 3.11. The van der Waals surface area contributed by atoms with Gasteiger partial charge in [0.1, 0.15) is 11.6 Å². The van der Waals surface area contributed by atoms with Gasteiger partial charge in [0, 0.05) is 5.56 Å². The van der Waals surface area contributed by atoms with Gasteiger partial charge in [-0.3, -0.25) is 4.84 Å². The molecule has 1 rings (SSSR count). The molecule has 0 aromatic heterocycles. The van der Waals surface area contributed by atoms with E-state index in [2.05, 4.69) is 4.84 Å². The van der Waals surface area contributed by atoms with E-state index in [1.807, 2.05) is 6.92 Å². The van der Waals surface area contributed by atoms with Crippen molar-refractivity contribution in [3.8, 4) is 5.75 Å². The van der Waals surface area contributed by atoms with Gasteiger partial charge in [0.05, 0.1) is 13.7 Å². The number of hydrogen-bond donors (Lipinski definition) is 1. The summed E-state index contributed by atoms with van der Waals surface area (Å²) in [5, 5.41) is 0. The average Bonchev–Trinajstić information content (AvgIpc) is 2.16. The molecule has 3 nitrogen and oxygen atoms in total. The summed E-state index contributed by atoms with van der Waals surface area (Å²) in [4.78, 5) is 4.48. The maximum Gasteiger partial charge on any atom is 0.130 e. The van der Waals surface area contributed by atoms with Crippen molar-refractivity contribution < 1.29 is 14.0 Å². The van der Waals surface area contributed by atoms with Crippen molar-refractivity contribution in [1.82, 2.24) is 0 Å². The maximum absolute atomic E-state index is 13.4. The van der Waals surface area contributed by atoms with Gasteiger partial charge in [-0.25, -0.2) is 10.3 Å². The van der Waals surface area contributed by atoms with Crippen molar-refractivity contribution in [2.45, 2.75) is 20.5 Å². The minimum absolute atomic E-state index is 0.180. The van der Waals surface area contributed by atoms with E-state index in [1.165, 1.54) is 13.2 Å². The molecule has 78 valence electrons.